The van der Waals surface area contributed by atoms with Gasteiger partial charge in [-0.25, -0.2) is 9.78 Å². The van der Waals surface area contributed by atoms with Crippen LogP contribution in [0, 0.1) is 10.1 Å². The fourth-order valence-corrected chi connectivity index (χ4v) is 2.85. The van der Waals surface area contributed by atoms with Crippen LogP contribution in [0.5, 0.6) is 0 Å². The molecular formula is C17H14ClN5O5. The van der Waals surface area contributed by atoms with Crippen molar-refractivity contribution in [3.8, 4) is 0 Å². The smallest absolute Gasteiger partial charge is 0.319 e. The summed E-state index contributed by atoms with van der Waals surface area (Å²) in [5, 5.41) is 16.1. The Morgan fingerprint density at radius 2 is 1.96 bits per heavy atom. The fourth-order valence-electron chi connectivity index (χ4n) is 2.68. The number of carbonyl (C=O) groups excluding carboxylic acids is 3. The minimum atomic E-state index is -0.627. The Bertz CT molecular complexity index is 980. The normalized spacial score (nSPS) is 12.7. The molecule has 2 N–H and O–H groups in total. The van der Waals surface area contributed by atoms with Crippen molar-refractivity contribution >= 4 is 40.8 Å². The predicted molar refractivity (Wildman–Crippen MR) is 99.3 cm³/mol. The summed E-state index contributed by atoms with van der Waals surface area (Å²) in [7, 11) is 0. The number of rotatable bonds is 6. The molecule has 11 heteroatoms. The number of amides is 4. The molecule has 0 unspecified atom stereocenters. The van der Waals surface area contributed by atoms with Crippen LogP contribution in [0.1, 0.15) is 27.1 Å². The van der Waals surface area contributed by atoms with Crippen LogP contribution in [0.2, 0.25) is 5.15 Å². The SMILES string of the molecule is O=C(NCCCN1C(=O)c2ccc([N+](=O)[O-])cc2C1=O)Nc1cccnc1Cl. The number of hydrogen-bond acceptors (Lipinski definition) is 6. The number of carbonyl (C=O) groups is 3. The molecule has 0 bridgehead atoms. The van der Waals surface area contributed by atoms with E-state index in [0.717, 1.165) is 11.0 Å². The molecule has 10 nitrogen and oxygen atoms in total. The van der Waals surface area contributed by atoms with Crippen molar-refractivity contribution in [2.75, 3.05) is 18.4 Å². The lowest BCUT2D eigenvalue weighted by Gasteiger charge is -2.14. The Morgan fingerprint density at radius 1 is 1.21 bits per heavy atom. The standard InChI is InChI=1S/C17H14ClN5O5/c18-14-13(3-1-6-19-14)21-17(26)20-7-2-8-22-15(24)11-5-4-10(23(27)28)9-12(11)16(22)25/h1,3-6,9H,2,7-8H2,(H2,20,21,26). The van der Waals surface area contributed by atoms with E-state index in [1.54, 1.807) is 12.1 Å². The lowest BCUT2D eigenvalue weighted by Crippen LogP contribution is -2.35. The monoisotopic (exact) mass is 403 g/mol. The first-order valence-corrected chi connectivity index (χ1v) is 8.56. The summed E-state index contributed by atoms with van der Waals surface area (Å²) in [5.74, 6) is -1.10. The van der Waals surface area contributed by atoms with Crippen LogP contribution in [-0.4, -0.2) is 45.7 Å². The van der Waals surface area contributed by atoms with Crippen LogP contribution in [-0.2, 0) is 0 Å². The van der Waals surface area contributed by atoms with Gasteiger partial charge >= 0.3 is 6.03 Å². The highest BCUT2D eigenvalue weighted by Crippen LogP contribution is 2.26. The second-order valence-electron chi connectivity index (χ2n) is 5.83. The molecule has 144 valence electrons. The number of benzene rings is 1. The van der Waals surface area contributed by atoms with E-state index in [4.69, 9.17) is 11.6 Å². The number of hydrogen-bond donors (Lipinski definition) is 2. The van der Waals surface area contributed by atoms with Crippen LogP contribution in [0.25, 0.3) is 0 Å². The summed E-state index contributed by atoms with van der Waals surface area (Å²) >= 11 is 5.85. The molecule has 0 saturated heterocycles. The molecule has 2 heterocycles. The van der Waals surface area contributed by atoms with Crippen molar-refractivity contribution in [1.29, 1.82) is 0 Å². The van der Waals surface area contributed by atoms with Gasteiger partial charge in [0.2, 0.25) is 0 Å². The van der Waals surface area contributed by atoms with E-state index in [9.17, 15) is 24.5 Å². The van der Waals surface area contributed by atoms with Crippen molar-refractivity contribution in [2.24, 2.45) is 0 Å². The van der Waals surface area contributed by atoms with Gasteiger partial charge < -0.3 is 10.6 Å². The lowest BCUT2D eigenvalue weighted by atomic mass is 10.1. The molecule has 3 rings (SSSR count). The summed E-state index contributed by atoms with van der Waals surface area (Å²) < 4.78 is 0. The Morgan fingerprint density at radius 3 is 2.68 bits per heavy atom. The number of halogens is 1. The molecule has 0 atom stereocenters. The summed E-state index contributed by atoms with van der Waals surface area (Å²) in [6, 6.07) is 6.26. The van der Waals surface area contributed by atoms with E-state index in [1.807, 2.05) is 0 Å². The quantitative estimate of drug-likeness (QED) is 0.250. The second kappa shape index (κ2) is 8.01. The van der Waals surface area contributed by atoms with Gasteiger partial charge in [0.15, 0.2) is 5.15 Å². The van der Waals surface area contributed by atoms with Crippen molar-refractivity contribution in [3.63, 3.8) is 0 Å². The number of nitrogens with zero attached hydrogens (tertiary/aromatic N) is 3. The van der Waals surface area contributed by atoms with Gasteiger partial charge in [0, 0.05) is 31.4 Å². The molecule has 0 saturated carbocycles. The molecule has 1 aromatic heterocycles. The third-order valence-corrected chi connectivity index (χ3v) is 4.32. The van der Waals surface area contributed by atoms with Crippen LogP contribution >= 0.6 is 11.6 Å². The molecule has 0 fully saturated rings. The molecule has 28 heavy (non-hydrogen) atoms. The van der Waals surface area contributed by atoms with Crippen molar-refractivity contribution < 1.29 is 19.3 Å². The van der Waals surface area contributed by atoms with Gasteiger partial charge in [-0.1, -0.05) is 11.6 Å². The van der Waals surface area contributed by atoms with E-state index in [0.29, 0.717) is 12.1 Å². The number of imide groups is 1. The van der Waals surface area contributed by atoms with Gasteiger partial charge in [-0.2, -0.15) is 0 Å². The zero-order chi connectivity index (χ0) is 20.3. The number of pyridine rings is 1. The molecule has 1 aliphatic heterocycles. The van der Waals surface area contributed by atoms with Gasteiger partial charge in [-0.3, -0.25) is 24.6 Å². The number of urea groups is 1. The highest BCUT2D eigenvalue weighted by Gasteiger charge is 2.36. The second-order valence-corrected chi connectivity index (χ2v) is 6.18. The van der Waals surface area contributed by atoms with Crippen LogP contribution in [0.4, 0.5) is 16.2 Å². The topological polar surface area (TPSA) is 135 Å². The summed E-state index contributed by atoms with van der Waals surface area (Å²) in [5.41, 5.74) is 0.237. The van der Waals surface area contributed by atoms with E-state index in [-0.39, 0.29) is 35.1 Å². The van der Waals surface area contributed by atoms with Crippen LogP contribution in [0.3, 0.4) is 0 Å². The predicted octanol–water partition coefficient (Wildman–Crippen LogP) is 2.45. The van der Waals surface area contributed by atoms with E-state index in [1.165, 1.54) is 18.3 Å². The van der Waals surface area contributed by atoms with Gasteiger partial charge in [0.05, 0.1) is 21.7 Å². The van der Waals surface area contributed by atoms with E-state index >= 15 is 0 Å². The molecule has 1 aromatic carbocycles. The number of nitro groups is 1. The van der Waals surface area contributed by atoms with Gasteiger partial charge in [0.25, 0.3) is 17.5 Å². The first-order chi connectivity index (χ1) is 13.4. The molecule has 2 aromatic rings. The van der Waals surface area contributed by atoms with E-state index < -0.39 is 22.8 Å². The van der Waals surface area contributed by atoms with Gasteiger partial charge in [-0.05, 0) is 24.6 Å². The average molecular weight is 404 g/mol. The minimum Gasteiger partial charge on any atom is -0.338 e. The fraction of sp³-hybridized carbons (Fsp3) is 0.176. The van der Waals surface area contributed by atoms with Crippen LogP contribution in [0.15, 0.2) is 36.5 Å². The molecule has 1 aliphatic rings. The van der Waals surface area contributed by atoms with Crippen molar-refractivity contribution in [3.05, 3.63) is 62.9 Å². The third-order valence-electron chi connectivity index (χ3n) is 4.02. The number of fused-ring (bicyclic) bond motifs is 1. The molecular weight excluding hydrogens is 390 g/mol. The molecule has 0 spiro atoms. The highest BCUT2D eigenvalue weighted by atomic mass is 35.5. The summed E-state index contributed by atoms with van der Waals surface area (Å²) in [6.07, 6.45) is 1.80. The highest BCUT2D eigenvalue weighted by molar-refractivity contribution is 6.32. The zero-order valence-corrected chi connectivity index (χ0v) is 15.1. The Labute approximate surface area is 163 Å². The number of nitro benzene ring substituents is 1. The number of anilines is 1. The van der Waals surface area contributed by atoms with Crippen molar-refractivity contribution in [2.45, 2.75) is 6.42 Å². The Hall–Kier alpha value is -3.53. The molecule has 4 amide bonds. The Kier molecular flexibility index (Phi) is 5.50. The maximum atomic E-state index is 12.3. The largest absolute Gasteiger partial charge is 0.338 e. The molecule has 0 aliphatic carbocycles. The number of nitrogens with one attached hydrogen (secondary N) is 2. The number of aromatic nitrogens is 1. The first kappa shape index (κ1) is 19.2. The first-order valence-electron chi connectivity index (χ1n) is 8.18. The van der Waals surface area contributed by atoms with Gasteiger partial charge in [-0.15, -0.1) is 0 Å². The maximum Gasteiger partial charge on any atom is 0.319 e. The Balaban J connectivity index is 1.52. The van der Waals surface area contributed by atoms with Gasteiger partial charge in [0.1, 0.15) is 0 Å². The maximum absolute atomic E-state index is 12.3. The number of non-ortho nitro benzene ring substituents is 1. The van der Waals surface area contributed by atoms with E-state index in [2.05, 4.69) is 15.6 Å². The molecule has 0 radical (unpaired) electrons. The zero-order valence-electron chi connectivity index (χ0n) is 14.3. The van der Waals surface area contributed by atoms with Crippen molar-refractivity contribution in [1.82, 2.24) is 15.2 Å². The minimum absolute atomic E-state index is 0.0103. The lowest BCUT2D eigenvalue weighted by molar-refractivity contribution is -0.384. The third kappa shape index (κ3) is 3.91. The summed E-state index contributed by atoms with van der Waals surface area (Å²) in [4.78, 5) is 51.6. The average Bonchev–Trinajstić information content (AvgIpc) is 2.91. The van der Waals surface area contributed by atoms with Crippen LogP contribution < -0.4 is 10.6 Å². The summed E-state index contributed by atoms with van der Waals surface area (Å²) in [6.45, 7) is 0.255.